The van der Waals surface area contributed by atoms with E-state index in [0.717, 1.165) is 0 Å². The van der Waals surface area contributed by atoms with Crippen LogP contribution in [0.15, 0.2) is 0 Å². The van der Waals surface area contributed by atoms with Gasteiger partial charge in [-0.15, -0.1) is 0 Å². The summed E-state index contributed by atoms with van der Waals surface area (Å²) in [5.74, 6) is -1.62. The molecule has 14 atom stereocenters. The molecule has 0 radical (unpaired) electrons. The maximum atomic E-state index is 12.7. The van der Waals surface area contributed by atoms with E-state index in [0.29, 0.717) is 25.9 Å². The van der Waals surface area contributed by atoms with Gasteiger partial charge in [0, 0.05) is 31.6 Å². The first-order chi connectivity index (χ1) is 19.9. The van der Waals surface area contributed by atoms with Crippen LogP contribution in [0.3, 0.4) is 0 Å². The molecule has 2 aliphatic heterocycles. The predicted octanol–water partition coefficient (Wildman–Crippen LogP) is -4.69. The zero-order valence-electron chi connectivity index (χ0n) is 25.4. The van der Waals surface area contributed by atoms with Gasteiger partial charge in [0.15, 0.2) is 18.7 Å². The number of rotatable bonds is 12. The van der Waals surface area contributed by atoms with Crippen LogP contribution in [-0.4, -0.2) is 147 Å². The number of aliphatic hydroxyl groups is 6. The topological polar surface area (TPSA) is 277 Å². The molecule has 43 heavy (non-hydrogen) atoms. The van der Waals surface area contributed by atoms with Gasteiger partial charge in [-0.2, -0.15) is 0 Å². The Hall–Kier alpha value is -1.09. The lowest BCUT2D eigenvalue weighted by molar-refractivity contribution is -0.314. The van der Waals surface area contributed by atoms with E-state index in [1.807, 2.05) is 0 Å². The van der Waals surface area contributed by atoms with Crippen LogP contribution in [-0.2, 0) is 23.7 Å². The number of hydrogen-bond donors (Lipinski definition) is 11. The molecular weight excluding hydrogens is 570 g/mol. The summed E-state index contributed by atoms with van der Waals surface area (Å²) in [7, 11) is 0. The lowest BCUT2D eigenvalue weighted by Crippen LogP contribution is -2.68. The van der Waals surface area contributed by atoms with Gasteiger partial charge in [-0.05, 0) is 40.0 Å². The van der Waals surface area contributed by atoms with Gasteiger partial charge in [-0.3, -0.25) is 4.79 Å². The molecule has 3 aliphatic rings. The molecule has 1 aliphatic carbocycles. The smallest absolute Gasteiger partial charge is 0.251 e. The summed E-state index contributed by atoms with van der Waals surface area (Å²) in [6.07, 6.45) is -9.81. The molecule has 1 amide bonds. The van der Waals surface area contributed by atoms with Gasteiger partial charge in [0.05, 0.1) is 36.0 Å². The number of ether oxygens (including phenoxy) is 4. The van der Waals surface area contributed by atoms with Crippen LogP contribution in [0.25, 0.3) is 0 Å². The van der Waals surface area contributed by atoms with E-state index in [2.05, 4.69) is 10.6 Å². The molecule has 16 heteroatoms. The summed E-state index contributed by atoms with van der Waals surface area (Å²) in [5, 5.41) is 68.6. The highest BCUT2D eigenvalue weighted by molar-refractivity contribution is 5.81. The predicted molar refractivity (Wildman–Crippen MR) is 152 cm³/mol. The van der Waals surface area contributed by atoms with Crippen molar-refractivity contribution in [3.8, 4) is 0 Å². The lowest BCUT2D eigenvalue weighted by atomic mass is 9.82. The molecule has 0 aromatic heterocycles. The number of nitrogens with one attached hydrogen (secondary N) is 2. The highest BCUT2D eigenvalue weighted by Gasteiger charge is 2.51. The third-order valence-corrected chi connectivity index (χ3v) is 8.54. The Bertz CT molecular complexity index is 896. The van der Waals surface area contributed by atoms with E-state index in [-0.39, 0.29) is 25.7 Å². The van der Waals surface area contributed by atoms with Crippen molar-refractivity contribution in [3.63, 3.8) is 0 Å². The van der Waals surface area contributed by atoms with Gasteiger partial charge in [0.1, 0.15) is 30.5 Å². The summed E-state index contributed by atoms with van der Waals surface area (Å²) >= 11 is 0. The molecule has 3 fully saturated rings. The minimum Gasteiger partial charge on any atom is -0.389 e. The Labute approximate surface area is 252 Å². The van der Waals surface area contributed by atoms with Crippen LogP contribution in [0.1, 0.15) is 47.0 Å². The lowest BCUT2D eigenvalue weighted by Gasteiger charge is -2.48. The van der Waals surface area contributed by atoms with Gasteiger partial charge >= 0.3 is 0 Å². The van der Waals surface area contributed by atoms with E-state index >= 15 is 0 Å². The van der Waals surface area contributed by atoms with Crippen LogP contribution in [0, 0.1) is 5.92 Å². The second-order valence-corrected chi connectivity index (χ2v) is 13.1. The first-order valence-electron chi connectivity index (χ1n) is 14.9. The van der Waals surface area contributed by atoms with E-state index in [9.17, 15) is 35.4 Å². The molecule has 0 aromatic rings. The average Bonchev–Trinajstić information content (AvgIpc) is 2.93. The quantitative estimate of drug-likeness (QED) is 0.0974. The Morgan fingerprint density at radius 3 is 2.37 bits per heavy atom. The number of amides is 1. The first-order valence-corrected chi connectivity index (χ1v) is 14.9. The van der Waals surface area contributed by atoms with E-state index in [4.69, 9.17) is 36.1 Å². The highest BCUT2D eigenvalue weighted by Crippen LogP contribution is 2.34. The van der Waals surface area contributed by atoms with Gasteiger partial charge in [0.2, 0.25) is 0 Å². The fourth-order valence-corrected chi connectivity index (χ4v) is 5.52. The van der Waals surface area contributed by atoms with Gasteiger partial charge in [0.25, 0.3) is 5.91 Å². The fourth-order valence-electron chi connectivity index (χ4n) is 5.52. The third-order valence-electron chi connectivity index (χ3n) is 8.54. The van der Waals surface area contributed by atoms with Gasteiger partial charge in [-0.1, -0.05) is 6.92 Å². The van der Waals surface area contributed by atoms with Crippen molar-refractivity contribution >= 4 is 5.91 Å². The number of carbonyl (C=O) groups is 1. The van der Waals surface area contributed by atoms with Crippen molar-refractivity contribution < 1.29 is 54.4 Å². The van der Waals surface area contributed by atoms with Crippen LogP contribution < -0.4 is 27.8 Å². The molecule has 2 heterocycles. The van der Waals surface area contributed by atoms with Crippen LogP contribution >= 0.6 is 0 Å². The van der Waals surface area contributed by atoms with Crippen molar-refractivity contribution in [3.05, 3.63) is 0 Å². The third kappa shape index (κ3) is 9.46. The normalized spacial score (nSPS) is 42.3. The molecule has 0 spiro atoms. The molecule has 0 bridgehead atoms. The summed E-state index contributed by atoms with van der Waals surface area (Å²) < 4.78 is 23.9. The minimum atomic E-state index is -1.85. The highest BCUT2D eigenvalue weighted by atomic mass is 16.7. The van der Waals surface area contributed by atoms with E-state index in [1.54, 1.807) is 20.8 Å². The summed E-state index contributed by atoms with van der Waals surface area (Å²) in [6, 6.07) is -2.40. The number of aliphatic hydroxyl groups excluding tert-OH is 4. The van der Waals surface area contributed by atoms with E-state index in [1.165, 1.54) is 6.92 Å². The standard InChI is InChI=1S/C27H53N5O11/c1-12-18(34)25(40-11-27(12,4)39)43-22-16(32-23(37)19(35)17(33)8-28)7-15(30)21(20(22)36)42-24-14(29)6-5-13(41-24)9-31-10-26(2,3)38/h12-22,24-25,31,33-36,38-39H,5-11,28-30H2,1-4H3,(H,32,37)/t12-,13+,14?,15+,16-,17+,18?,19+,20?,21?,22?,24-,25-,27?/m1/s1. The van der Waals surface area contributed by atoms with Crippen molar-refractivity contribution in [1.82, 2.24) is 10.6 Å². The second-order valence-electron chi connectivity index (χ2n) is 13.1. The van der Waals surface area contributed by atoms with Crippen molar-refractivity contribution in [2.75, 3.05) is 26.2 Å². The van der Waals surface area contributed by atoms with Crippen LogP contribution in [0.5, 0.6) is 0 Å². The number of nitrogens with two attached hydrogens (primary N) is 3. The van der Waals surface area contributed by atoms with Crippen LogP contribution in [0.2, 0.25) is 0 Å². The van der Waals surface area contributed by atoms with Crippen molar-refractivity contribution in [2.45, 2.75) is 132 Å². The largest absolute Gasteiger partial charge is 0.389 e. The van der Waals surface area contributed by atoms with Crippen LogP contribution in [0.4, 0.5) is 0 Å². The van der Waals surface area contributed by atoms with Crippen molar-refractivity contribution in [2.24, 2.45) is 23.1 Å². The maximum Gasteiger partial charge on any atom is 0.251 e. The average molecular weight is 624 g/mol. The van der Waals surface area contributed by atoms with E-state index < -0.39 is 90.4 Å². The minimum absolute atomic E-state index is 0.00180. The summed E-state index contributed by atoms with van der Waals surface area (Å²) in [4.78, 5) is 12.7. The van der Waals surface area contributed by atoms with Crippen molar-refractivity contribution in [1.29, 1.82) is 0 Å². The molecule has 6 unspecified atom stereocenters. The molecule has 16 nitrogen and oxygen atoms in total. The Balaban J connectivity index is 1.76. The monoisotopic (exact) mass is 623 g/mol. The molecular formula is C27H53N5O11. The zero-order valence-corrected chi connectivity index (χ0v) is 25.4. The molecule has 14 N–H and O–H groups in total. The second kappa shape index (κ2) is 15.0. The summed E-state index contributed by atoms with van der Waals surface area (Å²) in [5.41, 5.74) is 15.9. The molecule has 1 saturated carbocycles. The Morgan fingerprint density at radius 1 is 1.09 bits per heavy atom. The Morgan fingerprint density at radius 2 is 1.74 bits per heavy atom. The zero-order chi connectivity index (χ0) is 32.3. The van der Waals surface area contributed by atoms with Gasteiger partial charge < -0.3 is 77.4 Å². The maximum absolute atomic E-state index is 12.7. The Kier molecular flexibility index (Phi) is 12.7. The molecule has 3 rings (SSSR count). The number of hydrogen-bond acceptors (Lipinski definition) is 15. The molecule has 2 saturated heterocycles. The summed E-state index contributed by atoms with van der Waals surface area (Å²) in [6.45, 7) is 6.77. The molecule has 0 aromatic carbocycles. The fraction of sp³-hybridized carbons (Fsp3) is 0.963. The van der Waals surface area contributed by atoms with Gasteiger partial charge in [-0.25, -0.2) is 0 Å². The first kappa shape index (κ1) is 36.4. The molecule has 252 valence electrons. The number of carbonyl (C=O) groups excluding carboxylic acids is 1. The SMILES string of the molecule is C[C@@H]1C(O)[C@@H](OC2C(O)C(O[C@H]3O[C@H](CNCC(C)(C)O)CCC3N)[C@@H](N)C[C@H]2NC(=O)[C@@H](O)[C@@H](O)CN)OCC1(C)O.